The van der Waals surface area contributed by atoms with Crippen molar-refractivity contribution in [3.8, 4) is 0 Å². The van der Waals surface area contributed by atoms with Crippen LogP contribution in [0.4, 0.5) is 0 Å². The van der Waals surface area contributed by atoms with Gasteiger partial charge in [-0.05, 0) is 26.2 Å². The Hall–Kier alpha value is -1.41. The van der Waals surface area contributed by atoms with Gasteiger partial charge in [0, 0.05) is 25.6 Å². The van der Waals surface area contributed by atoms with E-state index in [1.807, 2.05) is 16.5 Å². The smallest absolute Gasteiger partial charge is 0.223 e. The van der Waals surface area contributed by atoms with E-state index in [1.165, 1.54) is 0 Å². The number of imidazole rings is 1. The monoisotopic (exact) mass is 326 g/mol. The molecule has 2 aliphatic rings. The average molecular weight is 326 g/mol. The Morgan fingerprint density at radius 2 is 2.09 bits per heavy atom. The van der Waals surface area contributed by atoms with Crippen molar-refractivity contribution in [2.24, 2.45) is 7.05 Å². The largest absolute Gasteiger partial charge is 0.336 e. The van der Waals surface area contributed by atoms with Gasteiger partial charge in [-0.3, -0.25) is 4.79 Å². The Morgan fingerprint density at radius 1 is 1.36 bits per heavy atom. The van der Waals surface area contributed by atoms with Crippen LogP contribution >= 0.6 is 0 Å². The summed E-state index contributed by atoms with van der Waals surface area (Å²) >= 11 is 0. The number of piperidine rings is 1. The Morgan fingerprint density at radius 3 is 2.64 bits per heavy atom. The maximum Gasteiger partial charge on any atom is 0.223 e. The van der Waals surface area contributed by atoms with Crippen molar-refractivity contribution in [1.29, 1.82) is 0 Å². The quantitative estimate of drug-likeness (QED) is 0.856. The van der Waals surface area contributed by atoms with Gasteiger partial charge in [0.25, 0.3) is 0 Å². The van der Waals surface area contributed by atoms with Crippen LogP contribution in [0, 0.1) is 0 Å². The third kappa shape index (κ3) is 2.89. The summed E-state index contributed by atoms with van der Waals surface area (Å²) < 4.78 is 28.7. The number of amides is 1. The molecular weight excluding hydrogens is 304 g/mol. The average Bonchev–Trinajstić information content (AvgIpc) is 3.22. The molecule has 3 rings (SSSR count). The molecule has 1 aromatic heterocycles. The van der Waals surface area contributed by atoms with E-state index in [4.69, 9.17) is 0 Å². The standard InChI is InChI=1S/C14H22N4O3S/c1-3-22(20,21)16-11-6-7-13(19)18(10-4-5-10)14(11)12-8-15-9-17(12)2/h8-11,14,16H,3-7H2,1-2H3/t11-,14-/m1/s1. The van der Waals surface area contributed by atoms with Crippen LogP contribution in [0.5, 0.6) is 0 Å². The van der Waals surface area contributed by atoms with Crippen LogP contribution in [0.25, 0.3) is 0 Å². The molecule has 0 radical (unpaired) electrons. The molecule has 8 heteroatoms. The summed E-state index contributed by atoms with van der Waals surface area (Å²) in [7, 11) is -1.45. The molecule has 2 fully saturated rings. The number of aryl methyl sites for hydroxylation is 1. The van der Waals surface area contributed by atoms with Crippen LogP contribution in [-0.2, 0) is 21.9 Å². The fraction of sp³-hybridized carbons (Fsp3) is 0.714. The van der Waals surface area contributed by atoms with Crippen molar-refractivity contribution in [2.75, 3.05) is 5.75 Å². The third-order valence-electron chi connectivity index (χ3n) is 4.45. The second kappa shape index (κ2) is 5.66. The minimum atomic E-state index is -3.32. The van der Waals surface area contributed by atoms with Gasteiger partial charge >= 0.3 is 0 Å². The number of rotatable bonds is 5. The summed E-state index contributed by atoms with van der Waals surface area (Å²) in [6, 6.07) is -0.331. The van der Waals surface area contributed by atoms with E-state index in [0.29, 0.717) is 12.8 Å². The molecular formula is C14H22N4O3S. The fourth-order valence-electron chi connectivity index (χ4n) is 3.14. The predicted molar refractivity (Wildman–Crippen MR) is 81.4 cm³/mol. The summed E-state index contributed by atoms with van der Waals surface area (Å²) in [4.78, 5) is 18.4. The van der Waals surface area contributed by atoms with Crippen molar-refractivity contribution in [3.63, 3.8) is 0 Å². The molecule has 122 valence electrons. The highest BCUT2D eigenvalue weighted by Crippen LogP contribution is 2.40. The first kappa shape index (κ1) is 15.5. The van der Waals surface area contributed by atoms with Crippen molar-refractivity contribution in [2.45, 2.75) is 50.7 Å². The van der Waals surface area contributed by atoms with Crippen LogP contribution < -0.4 is 4.72 Å². The molecule has 7 nitrogen and oxygen atoms in total. The topological polar surface area (TPSA) is 84.3 Å². The number of aromatic nitrogens is 2. The molecule has 2 heterocycles. The minimum Gasteiger partial charge on any atom is -0.336 e. The van der Waals surface area contributed by atoms with Gasteiger partial charge in [-0.1, -0.05) is 0 Å². The molecule has 1 saturated carbocycles. The SMILES string of the molecule is CCS(=O)(=O)N[C@@H]1CCC(=O)N(C2CC2)[C@H]1c1cncn1C. The van der Waals surface area contributed by atoms with E-state index in [2.05, 4.69) is 9.71 Å². The van der Waals surface area contributed by atoms with E-state index >= 15 is 0 Å². The normalized spacial score (nSPS) is 26.5. The second-order valence-corrected chi connectivity index (χ2v) is 8.12. The number of nitrogens with one attached hydrogen (secondary N) is 1. The lowest BCUT2D eigenvalue weighted by Gasteiger charge is -2.41. The number of likely N-dealkylation sites (tertiary alicyclic amines) is 1. The van der Waals surface area contributed by atoms with E-state index in [1.54, 1.807) is 19.4 Å². The first-order valence-electron chi connectivity index (χ1n) is 7.70. The zero-order valence-corrected chi connectivity index (χ0v) is 13.7. The van der Waals surface area contributed by atoms with Crippen molar-refractivity contribution >= 4 is 15.9 Å². The molecule has 1 aromatic rings. The molecule has 1 aliphatic heterocycles. The van der Waals surface area contributed by atoms with Crippen molar-refractivity contribution in [1.82, 2.24) is 19.2 Å². The van der Waals surface area contributed by atoms with Gasteiger partial charge in [-0.2, -0.15) is 0 Å². The molecule has 0 unspecified atom stereocenters. The number of hydrogen-bond donors (Lipinski definition) is 1. The predicted octanol–water partition coefficient (Wildman–Crippen LogP) is 0.554. The molecule has 1 aliphatic carbocycles. The molecule has 2 atom stereocenters. The summed E-state index contributed by atoms with van der Waals surface area (Å²) in [6.45, 7) is 1.62. The zero-order chi connectivity index (χ0) is 15.9. The molecule has 1 N–H and O–H groups in total. The number of carbonyl (C=O) groups excluding carboxylic acids is 1. The molecule has 22 heavy (non-hydrogen) atoms. The van der Waals surface area contributed by atoms with Crippen LogP contribution in [-0.4, -0.2) is 46.6 Å². The summed E-state index contributed by atoms with van der Waals surface area (Å²) in [5.41, 5.74) is 0.878. The first-order chi connectivity index (χ1) is 10.4. The maximum atomic E-state index is 12.4. The maximum absolute atomic E-state index is 12.4. The molecule has 1 saturated heterocycles. The lowest BCUT2D eigenvalue weighted by Crippen LogP contribution is -2.53. The highest BCUT2D eigenvalue weighted by molar-refractivity contribution is 7.89. The Labute approximate surface area is 130 Å². The van der Waals surface area contributed by atoms with Gasteiger partial charge in [0.2, 0.25) is 15.9 Å². The summed E-state index contributed by atoms with van der Waals surface area (Å²) in [5.74, 6) is 0.152. The Kier molecular flexibility index (Phi) is 3.98. The molecule has 1 amide bonds. The number of sulfonamides is 1. The van der Waals surface area contributed by atoms with Crippen LogP contribution in [0.3, 0.4) is 0 Å². The van der Waals surface area contributed by atoms with Crippen molar-refractivity contribution in [3.05, 3.63) is 18.2 Å². The van der Waals surface area contributed by atoms with Crippen molar-refractivity contribution < 1.29 is 13.2 Å². The Balaban J connectivity index is 1.97. The number of nitrogens with zero attached hydrogens (tertiary/aromatic N) is 3. The van der Waals surface area contributed by atoms with E-state index in [9.17, 15) is 13.2 Å². The molecule has 0 aromatic carbocycles. The van der Waals surface area contributed by atoms with Gasteiger partial charge in [0.15, 0.2) is 0 Å². The number of hydrogen-bond acceptors (Lipinski definition) is 4. The second-order valence-electron chi connectivity index (χ2n) is 6.07. The van der Waals surface area contributed by atoms with Crippen LogP contribution in [0.2, 0.25) is 0 Å². The first-order valence-corrected chi connectivity index (χ1v) is 9.35. The summed E-state index contributed by atoms with van der Waals surface area (Å²) in [6.07, 6.45) is 6.32. The van der Waals surface area contributed by atoms with Gasteiger partial charge in [-0.15, -0.1) is 0 Å². The van der Waals surface area contributed by atoms with Gasteiger partial charge in [0.05, 0.1) is 30.0 Å². The highest BCUT2D eigenvalue weighted by Gasteiger charge is 2.45. The van der Waals surface area contributed by atoms with Gasteiger partial charge in [0.1, 0.15) is 0 Å². The van der Waals surface area contributed by atoms with Gasteiger partial charge in [-0.25, -0.2) is 18.1 Å². The van der Waals surface area contributed by atoms with Crippen LogP contribution in [0.15, 0.2) is 12.5 Å². The Bertz CT molecular complexity index is 665. The van der Waals surface area contributed by atoms with E-state index in [0.717, 1.165) is 18.5 Å². The minimum absolute atomic E-state index is 0.0407. The highest BCUT2D eigenvalue weighted by atomic mass is 32.2. The lowest BCUT2D eigenvalue weighted by atomic mass is 9.93. The zero-order valence-electron chi connectivity index (χ0n) is 12.9. The number of carbonyl (C=O) groups is 1. The van der Waals surface area contributed by atoms with E-state index < -0.39 is 10.0 Å². The summed E-state index contributed by atoms with van der Waals surface area (Å²) in [5, 5.41) is 0. The molecule has 0 bridgehead atoms. The fourth-order valence-corrected chi connectivity index (χ4v) is 4.01. The van der Waals surface area contributed by atoms with E-state index in [-0.39, 0.29) is 29.8 Å². The van der Waals surface area contributed by atoms with Crippen LogP contribution in [0.1, 0.15) is 44.3 Å². The lowest BCUT2D eigenvalue weighted by molar-refractivity contribution is -0.138. The molecule has 0 spiro atoms. The van der Waals surface area contributed by atoms with Gasteiger partial charge < -0.3 is 9.47 Å². The third-order valence-corrected chi connectivity index (χ3v) is 5.87.